The molecule has 0 amide bonds. The summed E-state index contributed by atoms with van der Waals surface area (Å²) in [7, 11) is -1.88. The van der Waals surface area contributed by atoms with Gasteiger partial charge < -0.3 is 10.5 Å². The quantitative estimate of drug-likeness (QED) is 0.871. The molecule has 0 saturated carbocycles. The van der Waals surface area contributed by atoms with Crippen LogP contribution in [-0.2, 0) is 9.84 Å². The van der Waals surface area contributed by atoms with Gasteiger partial charge in [0.05, 0.1) is 12.0 Å². The van der Waals surface area contributed by atoms with Gasteiger partial charge in [0.1, 0.15) is 11.1 Å². The van der Waals surface area contributed by atoms with Crippen LogP contribution < -0.4 is 10.5 Å². The lowest BCUT2D eigenvalue weighted by atomic mass is 10.1. The number of hydrogen-bond donors (Lipinski definition) is 1. The molecule has 0 spiro atoms. The molecule has 0 aromatic heterocycles. The third-order valence-corrected chi connectivity index (χ3v) is 4.52. The minimum absolute atomic E-state index is 0.279. The van der Waals surface area contributed by atoms with Gasteiger partial charge in [-0.15, -0.1) is 0 Å². The molecule has 0 aliphatic heterocycles. The Morgan fingerprint density at radius 2 is 1.81 bits per heavy atom. The lowest BCUT2D eigenvalue weighted by Gasteiger charge is -2.13. The fraction of sp³-hybridized carbons (Fsp3) is 0.455. The molecule has 1 atom stereocenters. The van der Waals surface area contributed by atoms with Gasteiger partial charge in [-0.25, -0.2) is 8.42 Å². The Bertz CT molecular complexity index is 492. The first kappa shape index (κ1) is 13.0. The Balaban J connectivity index is 3.44. The van der Waals surface area contributed by atoms with E-state index in [1.165, 1.54) is 6.92 Å². The summed E-state index contributed by atoms with van der Waals surface area (Å²) in [5.41, 5.74) is 6.91. The van der Waals surface area contributed by atoms with Gasteiger partial charge >= 0.3 is 0 Å². The fourth-order valence-electron chi connectivity index (χ4n) is 1.49. The summed E-state index contributed by atoms with van der Waals surface area (Å²) in [6, 6.07) is 3.32. The zero-order valence-electron chi connectivity index (χ0n) is 9.94. The van der Waals surface area contributed by atoms with E-state index in [0.29, 0.717) is 11.3 Å². The van der Waals surface area contributed by atoms with Gasteiger partial charge in [0.2, 0.25) is 0 Å². The van der Waals surface area contributed by atoms with Gasteiger partial charge in [-0.2, -0.15) is 0 Å². The van der Waals surface area contributed by atoms with E-state index >= 15 is 0 Å². The first-order valence-corrected chi connectivity index (χ1v) is 6.50. The third-order valence-electron chi connectivity index (χ3n) is 2.49. The molecule has 0 bridgehead atoms. The summed E-state index contributed by atoms with van der Waals surface area (Å²) >= 11 is 0. The predicted octanol–water partition coefficient (Wildman–Crippen LogP) is 1.39. The molecule has 16 heavy (non-hydrogen) atoms. The summed E-state index contributed by atoms with van der Waals surface area (Å²) in [5, 5.41) is -0.904. The van der Waals surface area contributed by atoms with E-state index in [9.17, 15) is 8.42 Å². The molecule has 1 aromatic rings. The molecule has 2 N–H and O–H groups in total. The van der Waals surface area contributed by atoms with Crippen LogP contribution in [0.4, 0.5) is 0 Å². The predicted molar refractivity (Wildman–Crippen MR) is 63.3 cm³/mol. The molecule has 4 nitrogen and oxygen atoms in total. The van der Waals surface area contributed by atoms with Crippen LogP contribution in [0.3, 0.4) is 0 Å². The third kappa shape index (κ3) is 2.20. The maximum Gasteiger partial charge on any atom is 0.193 e. The summed E-state index contributed by atoms with van der Waals surface area (Å²) in [5.74, 6) is 0.682. The van der Waals surface area contributed by atoms with Crippen LogP contribution in [0.25, 0.3) is 0 Å². The van der Waals surface area contributed by atoms with E-state index in [2.05, 4.69) is 0 Å². The van der Waals surface area contributed by atoms with E-state index in [1.54, 1.807) is 33.1 Å². The highest BCUT2D eigenvalue weighted by molar-refractivity contribution is 7.92. The second kappa shape index (κ2) is 4.43. The normalized spacial score (nSPS) is 13.6. The number of methoxy groups -OCH3 is 1. The Hall–Kier alpha value is -1.07. The maximum atomic E-state index is 11.9. The molecule has 0 aliphatic rings. The molecule has 5 heteroatoms. The summed E-state index contributed by atoms with van der Waals surface area (Å²) in [6.45, 7) is 5.00. The molecule has 1 unspecified atom stereocenters. The van der Waals surface area contributed by atoms with Gasteiger partial charge in [-0.3, -0.25) is 0 Å². The van der Waals surface area contributed by atoms with Crippen molar-refractivity contribution in [3.63, 3.8) is 0 Å². The molecule has 0 saturated heterocycles. The Morgan fingerprint density at radius 1 is 1.25 bits per heavy atom. The van der Waals surface area contributed by atoms with Crippen molar-refractivity contribution >= 4 is 9.84 Å². The molecular weight excluding hydrogens is 226 g/mol. The maximum absolute atomic E-state index is 11.9. The average Bonchev–Trinajstić information content (AvgIpc) is 2.20. The fourth-order valence-corrected chi connectivity index (χ4v) is 2.74. The highest BCUT2D eigenvalue weighted by atomic mass is 32.2. The molecule has 0 radical (unpaired) electrons. The standard InChI is InChI=1S/C11H17NO3S/c1-7-6-11(16(13,14)9(3)12)8(2)5-10(7)15-4/h5-6,9H,12H2,1-4H3. The van der Waals surface area contributed by atoms with Crippen LogP contribution in [0, 0.1) is 13.8 Å². The highest BCUT2D eigenvalue weighted by Crippen LogP contribution is 2.26. The van der Waals surface area contributed by atoms with E-state index < -0.39 is 15.2 Å². The molecule has 0 heterocycles. The van der Waals surface area contributed by atoms with Gasteiger partial charge in [0.25, 0.3) is 0 Å². The van der Waals surface area contributed by atoms with Crippen molar-refractivity contribution < 1.29 is 13.2 Å². The van der Waals surface area contributed by atoms with Gasteiger partial charge in [0, 0.05) is 0 Å². The van der Waals surface area contributed by atoms with Crippen molar-refractivity contribution in [2.24, 2.45) is 5.73 Å². The second-order valence-electron chi connectivity index (χ2n) is 3.84. The van der Waals surface area contributed by atoms with Crippen molar-refractivity contribution in [3.8, 4) is 5.75 Å². The molecule has 0 fully saturated rings. The molecule has 1 rings (SSSR count). The lowest BCUT2D eigenvalue weighted by Crippen LogP contribution is -2.27. The number of benzene rings is 1. The number of ether oxygens (including phenoxy) is 1. The SMILES string of the molecule is COc1cc(C)c(S(=O)(=O)C(C)N)cc1C. The van der Waals surface area contributed by atoms with Crippen LogP contribution in [0.15, 0.2) is 17.0 Å². The molecule has 1 aromatic carbocycles. The first-order chi connectivity index (χ1) is 7.30. The van der Waals surface area contributed by atoms with Crippen molar-refractivity contribution in [1.82, 2.24) is 0 Å². The van der Waals surface area contributed by atoms with Crippen molar-refractivity contribution in [3.05, 3.63) is 23.3 Å². The number of nitrogens with two attached hydrogens (primary N) is 1. The minimum Gasteiger partial charge on any atom is -0.496 e. The monoisotopic (exact) mass is 243 g/mol. The Morgan fingerprint density at radius 3 is 2.25 bits per heavy atom. The highest BCUT2D eigenvalue weighted by Gasteiger charge is 2.22. The van der Waals surface area contributed by atoms with Gasteiger partial charge in [-0.1, -0.05) is 0 Å². The second-order valence-corrected chi connectivity index (χ2v) is 6.11. The molecule has 0 aliphatic carbocycles. The summed E-state index contributed by atoms with van der Waals surface area (Å²) in [4.78, 5) is 0.279. The Kier molecular flexibility index (Phi) is 3.60. The number of sulfone groups is 1. The van der Waals surface area contributed by atoms with Crippen LogP contribution in [0.1, 0.15) is 18.1 Å². The lowest BCUT2D eigenvalue weighted by molar-refractivity contribution is 0.411. The topological polar surface area (TPSA) is 69.4 Å². The Labute approximate surface area is 96.3 Å². The first-order valence-electron chi connectivity index (χ1n) is 4.95. The van der Waals surface area contributed by atoms with E-state index in [4.69, 9.17) is 10.5 Å². The average molecular weight is 243 g/mol. The van der Waals surface area contributed by atoms with Crippen LogP contribution in [0.2, 0.25) is 0 Å². The van der Waals surface area contributed by atoms with Crippen LogP contribution >= 0.6 is 0 Å². The molecule has 90 valence electrons. The van der Waals surface area contributed by atoms with E-state index in [-0.39, 0.29) is 4.90 Å². The smallest absolute Gasteiger partial charge is 0.193 e. The summed E-state index contributed by atoms with van der Waals surface area (Å²) < 4.78 is 29.0. The zero-order chi connectivity index (χ0) is 12.5. The summed E-state index contributed by atoms with van der Waals surface area (Å²) in [6.07, 6.45) is 0. The molecular formula is C11H17NO3S. The number of rotatable bonds is 3. The van der Waals surface area contributed by atoms with Crippen molar-refractivity contribution in [2.75, 3.05) is 7.11 Å². The van der Waals surface area contributed by atoms with E-state index in [0.717, 1.165) is 5.56 Å². The van der Waals surface area contributed by atoms with Gasteiger partial charge in [-0.05, 0) is 44.0 Å². The van der Waals surface area contributed by atoms with E-state index in [1.807, 2.05) is 0 Å². The van der Waals surface area contributed by atoms with Gasteiger partial charge in [0.15, 0.2) is 9.84 Å². The van der Waals surface area contributed by atoms with Crippen LogP contribution in [0.5, 0.6) is 5.75 Å². The van der Waals surface area contributed by atoms with Crippen LogP contribution in [-0.4, -0.2) is 20.9 Å². The zero-order valence-corrected chi connectivity index (χ0v) is 10.8. The largest absolute Gasteiger partial charge is 0.496 e. The van der Waals surface area contributed by atoms with Crippen molar-refractivity contribution in [2.45, 2.75) is 31.0 Å². The minimum atomic E-state index is -3.43. The van der Waals surface area contributed by atoms with Crippen molar-refractivity contribution in [1.29, 1.82) is 0 Å². The number of aryl methyl sites for hydroxylation is 2. The number of hydrogen-bond acceptors (Lipinski definition) is 4.